The zero-order valence-electron chi connectivity index (χ0n) is 30.4. The predicted octanol–water partition coefficient (Wildman–Crippen LogP) is -3.38. The molecule has 0 aromatic carbocycles. The van der Waals surface area contributed by atoms with Crippen molar-refractivity contribution in [3.05, 3.63) is 75.0 Å². The van der Waals surface area contributed by atoms with E-state index >= 15 is 0 Å². The van der Waals surface area contributed by atoms with Crippen molar-refractivity contribution in [3.8, 4) is 0 Å². The van der Waals surface area contributed by atoms with Crippen LogP contribution in [0, 0.1) is 0 Å². The highest BCUT2D eigenvalue weighted by molar-refractivity contribution is 8.01. The smallest absolute Gasteiger partial charge is 0.352 e. The molecule has 4 aliphatic heterocycles. The number of thiazole rings is 1. The van der Waals surface area contributed by atoms with Gasteiger partial charge in [0, 0.05) is 42.5 Å². The van der Waals surface area contributed by atoms with Crippen LogP contribution in [0.2, 0.25) is 0 Å². The summed E-state index contributed by atoms with van der Waals surface area (Å²) >= 11 is 5.45. The van der Waals surface area contributed by atoms with E-state index in [0.717, 1.165) is 39.8 Å². The Morgan fingerprint density at radius 3 is 1.86 bits per heavy atom. The lowest BCUT2D eigenvalue weighted by atomic mass is 10.0. The Bertz CT molecular complexity index is 2670. The zero-order valence-corrected chi connectivity index (χ0v) is 34.5. The lowest BCUT2D eigenvalue weighted by Gasteiger charge is -2.52. The number of fused-ring (bicyclic) bond motifs is 2. The van der Waals surface area contributed by atoms with Gasteiger partial charge in [-0.15, -0.1) is 34.9 Å². The van der Waals surface area contributed by atoms with E-state index < -0.39 is 74.7 Å². The van der Waals surface area contributed by atoms with Gasteiger partial charge in [-0.05, 0) is 11.1 Å². The molecule has 3 aromatic rings. The number of oxime groups is 1. The molecule has 310 valence electrons. The number of anilines is 1. The van der Waals surface area contributed by atoms with Crippen LogP contribution in [0.3, 0.4) is 0 Å². The summed E-state index contributed by atoms with van der Waals surface area (Å²) in [5, 5.41) is 24.1. The number of nitrogens with zero attached hydrogens (tertiary/aromatic N) is 8. The van der Waals surface area contributed by atoms with Gasteiger partial charge >= 0.3 is 28.2 Å². The number of carbonyl (C=O) groups is 5. The molecule has 4 atom stereocenters. The monoisotopic (exact) mass is 907 g/mol. The van der Waals surface area contributed by atoms with E-state index in [0.29, 0.717) is 11.1 Å². The summed E-state index contributed by atoms with van der Waals surface area (Å²) in [6.45, 7) is 0. The fourth-order valence-corrected chi connectivity index (χ4v) is 11.6. The number of thioether (sulfide) groups is 4. The fourth-order valence-electron chi connectivity index (χ4n) is 6.20. The molecular weight excluding hydrogens is 879 g/mol. The SMILES string of the molecule is CO/N=C(\C(=O)N[C@@H]1C(=O)N2C(C(=O)N[C@@H]3C(=O)N4C(C(=O)O)=C(CSc5nc(=O)c(=O)[nH]n5C)CS[C@H]34)=C(CSc3nc(=O)c(=O)[nH]n3C)CS[C@H]12)c1csc(N)n1. The van der Waals surface area contributed by atoms with Gasteiger partial charge in [0.2, 0.25) is 0 Å². The number of β-lactam (4-membered cyclic amide) rings is 2. The predicted molar refractivity (Wildman–Crippen MR) is 213 cm³/mol. The summed E-state index contributed by atoms with van der Waals surface area (Å²) in [5.41, 5.74) is 1.98. The van der Waals surface area contributed by atoms with Crippen molar-refractivity contribution in [2.45, 2.75) is 33.1 Å². The van der Waals surface area contributed by atoms with Gasteiger partial charge in [-0.25, -0.2) is 9.78 Å². The van der Waals surface area contributed by atoms with E-state index in [2.05, 4.69) is 40.9 Å². The van der Waals surface area contributed by atoms with Crippen LogP contribution < -0.4 is 38.6 Å². The molecule has 29 heteroatoms. The largest absolute Gasteiger partial charge is 0.477 e. The number of nitrogen functional groups attached to an aromatic ring is 1. The third-order valence-electron chi connectivity index (χ3n) is 8.89. The number of rotatable bonds is 13. The molecule has 2 saturated heterocycles. The van der Waals surface area contributed by atoms with Crippen molar-refractivity contribution in [1.29, 1.82) is 0 Å². The van der Waals surface area contributed by atoms with Crippen molar-refractivity contribution in [1.82, 2.24) is 54.9 Å². The van der Waals surface area contributed by atoms with Crippen LogP contribution in [0.25, 0.3) is 0 Å². The average Bonchev–Trinajstić information content (AvgIpc) is 3.63. The number of carbonyl (C=O) groups excluding carboxylic acids is 4. The number of amides is 4. The first-order valence-electron chi connectivity index (χ1n) is 16.7. The number of aryl methyl sites for hydroxylation is 2. The average molecular weight is 908 g/mol. The number of aromatic amines is 2. The topological polar surface area (TPSA) is 332 Å². The van der Waals surface area contributed by atoms with Gasteiger partial charge in [-0.1, -0.05) is 28.7 Å². The number of aliphatic carboxylic acids is 1. The Kier molecular flexibility index (Phi) is 11.6. The van der Waals surface area contributed by atoms with Gasteiger partial charge in [0.25, 0.3) is 23.6 Å². The summed E-state index contributed by atoms with van der Waals surface area (Å²) in [6, 6.07) is -2.34. The van der Waals surface area contributed by atoms with E-state index in [1.54, 1.807) is 0 Å². The lowest BCUT2D eigenvalue weighted by Crippen LogP contribution is -2.73. The first kappa shape index (κ1) is 41.5. The number of nitrogens with one attached hydrogen (secondary N) is 4. The molecule has 7 rings (SSSR count). The highest BCUT2D eigenvalue weighted by atomic mass is 32.2. The molecule has 59 heavy (non-hydrogen) atoms. The molecule has 4 amide bonds. The standard InChI is InChI=1S/C30H29N13O11S5/c1-40-29(35-19(46)21(48)37-40)58-6-9-4-55-25-13(33-17(44)12(39-54-3)11-8-57-28(31)32-11)23(50)42(25)15(9)18(45)34-14-24(51)43-16(27(52)53)10(5-56-26(14)43)7-59-30-36-20(47)22(49)38-41(30)2/h8,13-14,25-26H,4-7H2,1-3H3,(H2,31,32)(H,33,44)(H,34,45)(H,37,48)(H,38,49)(H,52,53)/b39-12-/t13-,14-,25-,26-/m1/s1. The first-order chi connectivity index (χ1) is 28.1. The van der Waals surface area contributed by atoms with Crippen LogP contribution in [-0.2, 0) is 42.9 Å². The lowest BCUT2D eigenvalue weighted by molar-refractivity contribution is -0.151. The maximum Gasteiger partial charge on any atom is 0.352 e. The molecule has 0 aliphatic carbocycles. The molecule has 3 aromatic heterocycles. The van der Waals surface area contributed by atoms with Gasteiger partial charge in [-0.3, -0.25) is 67.7 Å². The van der Waals surface area contributed by atoms with E-state index in [-0.39, 0.29) is 61.3 Å². The molecule has 4 aliphatic rings. The third-order valence-corrected chi connectivity index (χ3v) is 14.5. The number of hydrogen-bond acceptors (Lipinski definition) is 20. The number of carboxylic acids is 1. The summed E-state index contributed by atoms with van der Waals surface area (Å²) in [4.78, 5) is 133. The Hall–Kier alpha value is -5.65. The molecule has 0 saturated carbocycles. The van der Waals surface area contributed by atoms with Crippen molar-refractivity contribution in [2.24, 2.45) is 19.3 Å². The van der Waals surface area contributed by atoms with E-state index in [1.807, 2.05) is 0 Å². The highest BCUT2D eigenvalue weighted by Crippen LogP contribution is 2.44. The first-order valence-corrected chi connectivity index (χ1v) is 21.7. The molecule has 0 unspecified atom stereocenters. The molecule has 7 heterocycles. The number of carboxylic acid groups (broad SMARTS) is 1. The van der Waals surface area contributed by atoms with Crippen LogP contribution in [0.4, 0.5) is 5.13 Å². The van der Waals surface area contributed by atoms with Gasteiger partial charge in [0.15, 0.2) is 21.2 Å². The minimum absolute atomic E-state index is 0.00261. The van der Waals surface area contributed by atoms with Crippen molar-refractivity contribution in [3.63, 3.8) is 0 Å². The normalized spacial score (nSPS) is 21.4. The minimum Gasteiger partial charge on any atom is -0.477 e. The van der Waals surface area contributed by atoms with Gasteiger partial charge in [-0.2, -0.15) is 9.97 Å². The Morgan fingerprint density at radius 1 is 0.864 bits per heavy atom. The number of aromatic nitrogens is 7. The molecular formula is C30H29N13O11S5. The third kappa shape index (κ3) is 7.81. The Morgan fingerprint density at radius 2 is 1.37 bits per heavy atom. The van der Waals surface area contributed by atoms with E-state index in [1.165, 1.54) is 64.4 Å². The molecule has 0 spiro atoms. The molecule has 7 N–H and O–H groups in total. The fraction of sp³-hybridized carbons (Fsp3) is 0.367. The minimum atomic E-state index is -1.40. The van der Waals surface area contributed by atoms with Crippen LogP contribution >= 0.6 is 58.4 Å². The van der Waals surface area contributed by atoms with E-state index in [9.17, 15) is 48.3 Å². The second kappa shape index (κ2) is 16.5. The van der Waals surface area contributed by atoms with Crippen LogP contribution in [0.15, 0.2) is 62.6 Å². The summed E-state index contributed by atoms with van der Waals surface area (Å²) in [7, 11) is 4.13. The van der Waals surface area contributed by atoms with Crippen LogP contribution in [-0.4, -0.2) is 138 Å². The van der Waals surface area contributed by atoms with Gasteiger partial charge in [0.1, 0.15) is 47.0 Å². The second-order valence-electron chi connectivity index (χ2n) is 12.6. The number of H-pyrrole nitrogens is 2. The van der Waals surface area contributed by atoms with E-state index in [4.69, 9.17) is 10.6 Å². The molecule has 0 bridgehead atoms. The van der Waals surface area contributed by atoms with Crippen molar-refractivity contribution in [2.75, 3.05) is 35.9 Å². The Balaban J connectivity index is 1.12. The number of hydrogen-bond donors (Lipinski definition) is 6. The van der Waals surface area contributed by atoms with Crippen molar-refractivity contribution >= 4 is 98.8 Å². The number of nitrogens with two attached hydrogens (primary N) is 1. The second-order valence-corrected chi connectivity index (χ2v) is 17.6. The Labute approximate surface area is 349 Å². The zero-order chi connectivity index (χ0) is 42.4. The van der Waals surface area contributed by atoms with Crippen LogP contribution in [0.5, 0.6) is 0 Å². The highest BCUT2D eigenvalue weighted by Gasteiger charge is 2.57. The maximum atomic E-state index is 14.3. The maximum absolute atomic E-state index is 14.3. The summed E-state index contributed by atoms with van der Waals surface area (Å²) < 4.78 is 2.44. The van der Waals surface area contributed by atoms with Gasteiger partial charge in [0.05, 0.1) is 0 Å². The summed E-state index contributed by atoms with van der Waals surface area (Å²) in [6.07, 6.45) is 0. The van der Waals surface area contributed by atoms with Gasteiger partial charge < -0.3 is 26.3 Å². The van der Waals surface area contributed by atoms with Crippen LogP contribution in [0.1, 0.15) is 5.69 Å². The molecule has 0 radical (unpaired) electrons. The molecule has 2 fully saturated rings. The van der Waals surface area contributed by atoms with Crippen molar-refractivity contribution < 1.29 is 33.9 Å². The summed E-state index contributed by atoms with van der Waals surface area (Å²) in [5.74, 6) is -4.18. The quantitative estimate of drug-likeness (QED) is 0.0320. The molecule has 24 nitrogen and oxygen atoms in total.